The maximum absolute atomic E-state index is 14.0. The second-order valence-electron chi connectivity index (χ2n) is 9.44. The number of rotatable bonds is 13. The number of anilines is 1. The lowest BCUT2D eigenvalue weighted by Gasteiger charge is -2.32. The number of hydrogen-bond acceptors (Lipinski definition) is 6. The number of amides is 2. The Bertz CT molecular complexity index is 1400. The summed E-state index contributed by atoms with van der Waals surface area (Å²) in [4.78, 5) is 28.5. The molecule has 1 N–H and O–H groups in total. The summed E-state index contributed by atoms with van der Waals surface area (Å²) in [6.07, 6.45) is 0. The number of carbonyl (C=O) groups excluding carboxylic acids is 2. The molecule has 0 spiro atoms. The van der Waals surface area contributed by atoms with E-state index in [0.29, 0.717) is 18.1 Å². The van der Waals surface area contributed by atoms with Crippen molar-refractivity contribution < 1.29 is 27.5 Å². The first-order valence-electron chi connectivity index (χ1n) is 13.1. The van der Waals surface area contributed by atoms with Crippen molar-refractivity contribution >= 4 is 27.5 Å². The van der Waals surface area contributed by atoms with Crippen LogP contribution < -0.4 is 19.1 Å². The molecule has 0 saturated carbocycles. The Kier molecular flexibility index (Phi) is 10.6. The van der Waals surface area contributed by atoms with Crippen LogP contribution in [0.1, 0.15) is 33.3 Å². The number of benzene rings is 3. The lowest BCUT2D eigenvalue weighted by molar-refractivity contribution is -0.139. The van der Waals surface area contributed by atoms with Gasteiger partial charge in [-0.1, -0.05) is 42.5 Å². The molecule has 10 heteroatoms. The first kappa shape index (κ1) is 30.5. The second-order valence-corrected chi connectivity index (χ2v) is 11.3. The van der Waals surface area contributed by atoms with Gasteiger partial charge in [0.15, 0.2) is 0 Å². The standard InChI is InChI=1S/C30H37N3O6S/c1-6-39-28-18-11-10-17-27(28)33(40(36,37)26-15-8-7-9-16-26)21-29(34)32(23(4)30(35)31-22(2)3)20-24-13-12-14-25(19-24)38-5/h7-19,22-23H,6,20-21H2,1-5H3,(H,31,35)/t23-/m0/s1. The van der Waals surface area contributed by atoms with Gasteiger partial charge >= 0.3 is 0 Å². The second kappa shape index (κ2) is 13.8. The molecule has 0 saturated heterocycles. The molecule has 3 aromatic carbocycles. The zero-order valence-electron chi connectivity index (χ0n) is 23.5. The molecule has 0 aliphatic heterocycles. The van der Waals surface area contributed by atoms with Crippen LogP contribution in [0.3, 0.4) is 0 Å². The Hall–Kier alpha value is -4.05. The van der Waals surface area contributed by atoms with Gasteiger partial charge in [0.2, 0.25) is 11.8 Å². The Morgan fingerprint density at radius 3 is 2.25 bits per heavy atom. The highest BCUT2D eigenvalue weighted by molar-refractivity contribution is 7.92. The van der Waals surface area contributed by atoms with E-state index < -0.39 is 28.5 Å². The van der Waals surface area contributed by atoms with E-state index in [2.05, 4.69) is 5.32 Å². The van der Waals surface area contributed by atoms with Crippen molar-refractivity contribution in [1.29, 1.82) is 0 Å². The van der Waals surface area contributed by atoms with Crippen molar-refractivity contribution in [1.82, 2.24) is 10.2 Å². The molecule has 2 amide bonds. The summed E-state index contributed by atoms with van der Waals surface area (Å²) in [6.45, 7) is 6.90. The molecule has 0 fully saturated rings. The molecule has 3 rings (SSSR count). The molecule has 0 aromatic heterocycles. The summed E-state index contributed by atoms with van der Waals surface area (Å²) < 4.78 is 40.0. The molecule has 0 bridgehead atoms. The largest absolute Gasteiger partial charge is 0.497 e. The van der Waals surface area contributed by atoms with E-state index in [1.807, 2.05) is 19.9 Å². The number of carbonyl (C=O) groups is 2. The topological polar surface area (TPSA) is 105 Å². The Balaban J connectivity index is 2.08. The highest BCUT2D eigenvalue weighted by atomic mass is 32.2. The number of nitrogens with one attached hydrogen (secondary N) is 1. The van der Waals surface area contributed by atoms with Crippen LogP contribution in [0.2, 0.25) is 0 Å². The minimum atomic E-state index is -4.19. The molecule has 0 aliphatic rings. The first-order chi connectivity index (χ1) is 19.1. The maximum Gasteiger partial charge on any atom is 0.264 e. The van der Waals surface area contributed by atoms with Gasteiger partial charge in [-0.25, -0.2) is 8.42 Å². The lowest BCUT2D eigenvalue weighted by atomic mass is 10.1. The Morgan fingerprint density at radius 2 is 1.60 bits per heavy atom. The predicted octanol–water partition coefficient (Wildman–Crippen LogP) is 4.23. The van der Waals surface area contributed by atoms with Crippen LogP contribution in [0.25, 0.3) is 0 Å². The van der Waals surface area contributed by atoms with Crippen LogP contribution in [-0.2, 0) is 26.2 Å². The molecule has 214 valence electrons. The fourth-order valence-electron chi connectivity index (χ4n) is 4.13. The summed E-state index contributed by atoms with van der Waals surface area (Å²) in [6, 6.07) is 20.7. The van der Waals surface area contributed by atoms with E-state index in [1.54, 1.807) is 81.6 Å². The Labute approximate surface area is 236 Å². The van der Waals surface area contributed by atoms with Crippen molar-refractivity contribution in [2.75, 3.05) is 24.6 Å². The summed E-state index contributed by atoms with van der Waals surface area (Å²) in [5.41, 5.74) is 0.950. The summed E-state index contributed by atoms with van der Waals surface area (Å²) >= 11 is 0. The van der Waals surface area contributed by atoms with Gasteiger partial charge in [0.25, 0.3) is 10.0 Å². The molecular formula is C30H37N3O6S. The molecule has 40 heavy (non-hydrogen) atoms. The van der Waals surface area contributed by atoms with E-state index in [4.69, 9.17) is 9.47 Å². The van der Waals surface area contributed by atoms with Gasteiger partial charge < -0.3 is 19.7 Å². The van der Waals surface area contributed by atoms with E-state index in [1.165, 1.54) is 17.0 Å². The maximum atomic E-state index is 14.0. The van der Waals surface area contributed by atoms with Gasteiger partial charge in [-0.05, 0) is 69.7 Å². The average Bonchev–Trinajstić information content (AvgIpc) is 2.95. The van der Waals surface area contributed by atoms with Gasteiger partial charge in [-0.15, -0.1) is 0 Å². The van der Waals surface area contributed by atoms with Crippen LogP contribution in [0.5, 0.6) is 11.5 Å². The van der Waals surface area contributed by atoms with Crippen molar-refractivity contribution in [3.8, 4) is 11.5 Å². The number of ether oxygens (including phenoxy) is 2. The van der Waals surface area contributed by atoms with Gasteiger partial charge in [-0.3, -0.25) is 13.9 Å². The SMILES string of the molecule is CCOc1ccccc1N(CC(=O)N(Cc1cccc(OC)c1)[C@@H](C)C(=O)NC(C)C)S(=O)(=O)c1ccccc1. The van der Waals surface area contributed by atoms with Crippen molar-refractivity contribution in [2.24, 2.45) is 0 Å². The predicted molar refractivity (Wildman–Crippen MR) is 155 cm³/mol. The van der Waals surface area contributed by atoms with Crippen molar-refractivity contribution in [3.63, 3.8) is 0 Å². The average molecular weight is 568 g/mol. The van der Waals surface area contributed by atoms with Gasteiger partial charge in [0, 0.05) is 12.6 Å². The van der Waals surface area contributed by atoms with Crippen LogP contribution in [-0.4, -0.2) is 57.5 Å². The quantitative estimate of drug-likeness (QED) is 0.332. The highest BCUT2D eigenvalue weighted by Crippen LogP contribution is 2.33. The third kappa shape index (κ3) is 7.53. The molecule has 0 radical (unpaired) electrons. The molecule has 3 aromatic rings. The van der Waals surface area contributed by atoms with Crippen LogP contribution in [0.4, 0.5) is 5.69 Å². The molecular weight excluding hydrogens is 530 g/mol. The van der Waals surface area contributed by atoms with Gasteiger partial charge in [-0.2, -0.15) is 0 Å². The minimum absolute atomic E-state index is 0.0269. The minimum Gasteiger partial charge on any atom is -0.497 e. The first-order valence-corrected chi connectivity index (χ1v) is 14.5. The van der Waals surface area contributed by atoms with Crippen molar-refractivity contribution in [2.45, 2.75) is 51.2 Å². The smallest absolute Gasteiger partial charge is 0.264 e. The summed E-state index contributed by atoms with van der Waals surface area (Å²) in [5.74, 6) is 0.0174. The van der Waals surface area contributed by atoms with E-state index in [-0.39, 0.29) is 29.1 Å². The van der Waals surface area contributed by atoms with Crippen molar-refractivity contribution in [3.05, 3.63) is 84.4 Å². The van der Waals surface area contributed by atoms with E-state index in [9.17, 15) is 18.0 Å². The fourth-order valence-corrected chi connectivity index (χ4v) is 5.57. The highest BCUT2D eigenvalue weighted by Gasteiger charge is 2.33. The summed E-state index contributed by atoms with van der Waals surface area (Å²) in [5, 5.41) is 2.84. The Morgan fingerprint density at radius 1 is 0.925 bits per heavy atom. The summed E-state index contributed by atoms with van der Waals surface area (Å²) in [7, 11) is -2.64. The molecule has 0 aliphatic carbocycles. The third-order valence-corrected chi connectivity index (χ3v) is 7.90. The van der Waals surface area contributed by atoms with E-state index >= 15 is 0 Å². The number of sulfonamides is 1. The van der Waals surface area contributed by atoms with Crippen LogP contribution >= 0.6 is 0 Å². The zero-order chi connectivity index (χ0) is 29.3. The molecule has 1 atom stereocenters. The van der Waals surface area contributed by atoms with Crippen LogP contribution in [0, 0.1) is 0 Å². The van der Waals surface area contributed by atoms with Gasteiger partial charge in [0.05, 0.1) is 24.3 Å². The van der Waals surface area contributed by atoms with Crippen LogP contribution in [0.15, 0.2) is 83.8 Å². The number of nitrogens with zero attached hydrogens (tertiary/aromatic N) is 2. The molecule has 0 unspecified atom stereocenters. The number of para-hydroxylation sites is 2. The molecule has 9 nitrogen and oxygen atoms in total. The number of methoxy groups -OCH3 is 1. The number of hydrogen-bond donors (Lipinski definition) is 1. The monoisotopic (exact) mass is 567 g/mol. The molecule has 0 heterocycles. The zero-order valence-corrected chi connectivity index (χ0v) is 24.4. The normalized spacial score (nSPS) is 11.9. The third-order valence-electron chi connectivity index (χ3n) is 6.13. The van der Waals surface area contributed by atoms with E-state index in [0.717, 1.165) is 9.87 Å². The van der Waals surface area contributed by atoms with Gasteiger partial charge in [0.1, 0.15) is 24.1 Å². The fraction of sp³-hybridized carbons (Fsp3) is 0.333. The lowest BCUT2D eigenvalue weighted by Crippen LogP contribution is -2.52.